The zero-order valence-corrected chi connectivity index (χ0v) is 12.8. The fourth-order valence-corrected chi connectivity index (χ4v) is 3.36. The number of nitrogens with zero attached hydrogens (tertiary/aromatic N) is 2. The Bertz CT molecular complexity index is 750. The smallest absolute Gasteiger partial charge is 0.225 e. The summed E-state index contributed by atoms with van der Waals surface area (Å²) in [4.78, 5) is 9.73. The molecule has 0 amide bonds. The Labute approximate surface area is 126 Å². The van der Waals surface area contributed by atoms with Crippen LogP contribution in [-0.2, 0) is 0 Å². The fourth-order valence-electron chi connectivity index (χ4n) is 2.08. The Hall–Kier alpha value is -1.65. The lowest BCUT2D eigenvalue weighted by Gasteiger charge is -2.04. The average Bonchev–Trinajstić information content (AvgIpc) is 2.84. The summed E-state index contributed by atoms with van der Waals surface area (Å²) in [7, 11) is 0. The van der Waals surface area contributed by atoms with E-state index in [0.29, 0.717) is 11.1 Å². The Balaban J connectivity index is 2.16. The number of aromatic nitrogens is 2. The molecule has 1 aromatic carbocycles. The number of hydrogen-bond donors (Lipinski definition) is 1. The van der Waals surface area contributed by atoms with Crippen LogP contribution in [-0.4, -0.2) is 16.5 Å². The van der Waals surface area contributed by atoms with Crippen molar-refractivity contribution < 1.29 is 0 Å². The Morgan fingerprint density at radius 2 is 1.95 bits per heavy atom. The highest BCUT2D eigenvalue weighted by Gasteiger charge is 2.13. The molecule has 0 saturated heterocycles. The molecule has 0 aliphatic heterocycles. The van der Waals surface area contributed by atoms with E-state index in [4.69, 9.17) is 11.6 Å². The number of benzene rings is 1. The molecule has 0 aliphatic rings. The summed E-state index contributed by atoms with van der Waals surface area (Å²) < 4.78 is 0. The molecule has 0 saturated carbocycles. The normalized spacial score (nSPS) is 10.9. The third kappa shape index (κ3) is 2.37. The van der Waals surface area contributed by atoms with Crippen LogP contribution in [0.2, 0.25) is 5.15 Å². The maximum absolute atomic E-state index is 6.34. The lowest BCUT2D eigenvalue weighted by atomic mass is 10.1. The van der Waals surface area contributed by atoms with E-state index in [9.17, 15) is 0 Å². The van der Waals surface area contributed by atoms with Crippen LogP contribution in [0.4, 0.5) is 5.95 Å². The van der Waals surface area contributed by atoms with Crippen molar-refractivity contribution in [1.82, 2.24) is 9.97 Å². The number of rotatable bonds is 3. The molecule has 3 aromatic rings. The maximum Gasteiger partial charge on any atom is 0.225 e. The molecule has 3 nitrogen and oxygen atoms in total. The number of halogens is 1. The van der Waals surface area contributed by atoms with Gasteiger partial charge in [0.25, 0.3) is 0 Å². The van der Waals surface area contributed by atoms with Gasteiger partial charge in [-0.2, -0.15) is 0 Å². The minimum atomic E-state index is 0.503. The van der Waals surface area contributed by atoms with Crippen molar-refractivity contribution in [1.29, 1.82) is 0 Å². The number of fused-ring (bicyclic) bond motifs is 1. The van der Waals surface area contributed by atoms with E-state index < -0.39 is 0 Å². The molecule has 1 N–H and O–H groups in total. The number of nitrogens with one attached hydrogen (secondary N) is 1. The second kappa shape index (κ2) is 5.38. The first-order valence-corrected chi connectivity index (χ1v) is 7.70. The molecular weight excluding hydrogens is 290 g/mol. The van der Waals surface area contributed by atoms with Gasteiger partial charge >= 0.3 is 0 Å². The van der Waals surface area contributed by atoms with Gasteiger partial charge in [0.2, 0.25) is 5.95 Å². The SMILES string of the molecule is CCNc1nc(Cl)c2c(-c3ccc(C)cc3)csc2n1. The molecule has 0 bridgehead atoms. The molecule has 0 atom stereocenters. The minimum Gasteiger partial charge on any atom is -0.354 e. The van der Waals surface area contributed by atoms with Crippen LogP contribution >= 0.6 is 22.9 Å². The summed E-state index contributed by atoms with van der Waals surface area (Å²) in [6.07, 6.45) is 0. The summed E-state index contributed by atoms with van der Waals surface area (Å²) in [5, 5.41) is 6.62. The van der Waals surface area contributed by atoms with Gasteiger partial charge in [-0.25, -0.2) is 9.97 Å². The first-order chi connectivity index (χ1) is 9.69. The molecule has 102 valence electrons. The molecule has 0 aliphatic carbocycles. The van der Waals surface area contributed by atoms with Gasteiger partial charge in [0.05, 0.1) is 5.39 Å². The largest absolute Gasteiger partial charge is 0.354 e. The highest BCUT2D eigenvalue weighted by atomic mass is 35.5. The highest BCUT2D eigenvalue weighted by molar-refractivity contribution is 7.17. The third-order valence-electron chi connectivity index (χ3n) is 3.09. The van der Waals surface area contributed by atoms with Crippen LogP contribution < -0.4 is 5.32 Å². The van der Waals surface area contributed by atoms with Crippen molar-refractivity contribution in [3.8, 4) is 11.1 Å². The molecular formula is C15H14ClN3S. The highest BCUT2D eigenvalue weighted by Crippen LogP contribution is 2.37. The zero-order chi connectivity index (χ0) is 14.1. The summed E-state index contributed by atoms with van der Waals surface area (Å²) in [6, 6.07) is 8.40. The van der Waals surface area contributed by atoms with Gasteiger partial charge in [0.15, 0.2) is 0 Å². The number of anilines is 1. The predicted octanol–water partition coefficient (Wildman–Crippen LogP) is 4.75. The third-order valence-corrected chi connectivity index (χ3v) is 4.23. The van der Waals surface area contributed by atoms with Crippen molar-refractivity contribution in [3.05, 3.63) is 40.4 Å². The van der Waals surface area contributed by atoms with E-state index in [-0.39, 0.29) is 0 Å². The van der Waals surface area contributed by atoms with Crippen molar-refractivity contribution in [2.24, 2.45) is 0 Å². The quantitative estimate of drug-likeness (QED) is 0.709. The fraction of sp³-hybridized carbons (Fsp3) is 0.200. The first kappa shape index (κ1) is 13.3. The molecule has 3 rings (SSSR count). The van der Waals surface area contributed by atoms with Crippen molar-refractivity contribution in [2.75, 3.05) is 11.9 Å². The minimum absolute atomic E-state index is 0.503. The van der Waals surface area contributed by atoms with E-state index in [1.165, 1.54) is 5.56 Å². The van der Waals surface area contributed by atoms with E-state index >= 15 is 0 Å². The van der Waals surface area contributed by atoms with Gasteiger partial charge in [-0.15, -0.1) is 11.3 Å². The van der Waals surface area contributed by atoms with Crippen LogP contribution in [0.15, 0.2) is 29.6 Å². The molecule has 5 heteroatoms. The van der Waals surface area contributed by atoms with Crippen LogP contribution in [0.5, 0.6) is 0 Å². The second-order valence-corrected chi connectivity index (χ2v) is 5.78. The summed E-state index contributed by atoms with van der Waals surface area (Å²) in [5.74, 6) is 0.585. The summed E-state index contributed by atoms with van der Waals surface area (Å²) >= 11 is 7.93. The lowest BCUT2D eigenvalue weighted by Crippen LogP contribution is -2.01. The second-order valence-electron chi connectivity index (χ2n) is 4.56. The van der Waals surface area contributed by atoms with Gasteiger partial charge < -0.3 is 5.32 Å². The van der Waals surface area contributed by atoms with Gasteiger partial charge in [0.1, 0.15) is 9.98 Å². The Morgan fingerprint density at radius 1 is 1.20 bits per heavy atom. The molecule has 0 fully saturated rings. The van der Waals surface area contributed by atoms with Gasteiger partial charge in [-0.1, -0.05) is 41.4 Å². The molecule has 2 heterocycles. The van der Waals surface area contributed by atoms with Crippen molar-refractivity contribution in [2.45, 2.75) is 13.8 Å². The summed E-state index contributed by atoms with van der Waals surface area (Å²) in [6.45, 7) is 4.86. The first-order valence-electron chi connectivity index (χ1n) is 6.44. The van der Waals surface area contributed by atoms with E-state index in [0.717, 1.165) is 27.9 Å². The summed E-state index contributed by atoms with van der Waals surface area (Å²) in [5.41, 5.74) is 3.48. The lowest BCUT2D eigenvalue weighted by molar-refractivity contribution is 1.11. The van der Waals surface area contributed by atoms with Gasteiger partial charge in [-0.3, -0.25) is 0 Å². The number of thiophene rings is 1. The molecule has 20 heavy (non-hydrogen) atoms. The van der Waals surface area contributed by atoms with Crippen LogP contribution in [0.3, 0.4) is 0 Å². The van der Waals surface area contributed by atoms with E-state index in [1.54, 1.807) is 11.3 Å². The molecule has 0 radical (unpaired) electrons. The standard InChI is InChI=1S/C15H14ClN3S/c1-3-17-15-18-13(16)12-11(8-20-14(12)19-15)10-6-4-9(2)5-7-10/h4-8H,3H2,1-2H3,(H,17,18,19). The Morgan fingerprint density at radius 3 is 2.65 bits per heavy atom. The predicted molar refractivity (Wildman–Crippen MR) is 86.8 cm³/mol. The molecule has 2 aromatic heterocycles. The molecule has 0 spiro atoms. The van der Waals surface area contributed by atoms with Crippen LogP contribution in [0, 0.1) is 6.92 Å². The van der Waals surface area contributed by atoms with Crippen LogP contribution in [0.1, 0.15) is 12.5 Å². The Kier molecular flexibility index (Phi) is 3.59. The van der Waals surface area contributed by atoms with Gasteiger partial charge in [-0.05, 0) is 19.4 Å². The maximum atomic E-state index is 6.34. The topological polar surface area (TPSA) is 37.8 Å². The van der Waals surface area contributed by atoms with Crippen LogP contribution in [0.25, 0.3) is 21.3 Å². The van der Waals surface area contributed by atoms with Gasteiger partial charge in [0, 0.05) is 17.5 Å². The molecule has 0 unspecified atom stereocenters. The number of aryl methyl sites for hydroxylation is 1. The zero-order valence-electron chi connectivity index (χ0n) is 11.3. The van der Waals surface area contributed by atoms with Crippen molar-refractivity contribution >= 4 is 39.1 Å². The monoisotopic (exact) mass is 303 g/mol. The van der Waals surface area contributed by atoms with E-state index in [1.807, 2.05) is 6.92 Å². The number of hydrogen-bond acceptors (Lipinski definition) is 4. The van der Waals surface area contributed by atoms with Crippen molar-refractivity contribution in [3.63, 3.8) is 0 Å². The van der Waals surface area contributed by atoms with E-state index in [2.05, 4.69) is 51.9 Å². The average molecular weight is 304 g/mol.